The summed E-state index contributed by atoms with van der Waals surface area (Å²) in [5.41, 5.74) is 13.1. The number of nitrogens with zero attached hydrogens (tertiary/aromatic N) is 2. The summed E-state index contributed by atoms with van der Waals surface area (Å²) in [6, 6.07) is 45.1. The second-order valence-corrected chi connectivity index (χ2v) is 13.2. The lowest BCUT2D eigenvalue weighted by Gasteiger charge is -2.20. The number of hydrogen-bond donors (Lipinski definition) is 0. The molecule has 2 aliphatic carbocycles. The predicted octanol–water partition coefficient (Wildman–Crippen LogP) is 12.0. The zero-order valence-electron chi connectivity index (χ0n) is 26.4. The van der Waals surface area contributed by atoms with Gasteiger partial charge < -0.3 is 9.13 Å². The van der Waals surface area contributed by atoms with Gasteiger partial charge in [0.05, 0.1) is 28.1 Å². The number of benzene rings is 6. The molecule has 1 unspecified atom stereocenters. The number of allylic oxidation sites excluding steroid dienone is 2. The number of para-hydroxylation sites is 2. The van der Waals surface area contributed by atoms with Crippen molar-refractivity contribution in [3.63, 3.8) is 0 Å². The second kappa shape index (κ2) is 10.2. The molecular weight excluding hydrogens is 569 g/mol. The van der Waals surface area contributed by atoms with Crippen LogP contribution in [-0.2, 0) is 6.42 Å². The van der Waals surface area contributed by atoms with E-state index in [9.17, 15) is 0 Å². The van der Waals surface area contributed by atoms with E-state index in [1.807, 2.05) is 0 Å². The fourth-order valence-corrected chi connectivity index (χ4v) is 8.60. The third-order valence-electron chi connectivity index (χ3n) is 10.6. The smallest absolute Gasteiger partial charge is 0.0540 e. The summed E-state index contributed by atoms with van der Waals surface area (Å²) in [5, 5.41) is 7.81. The fraction of sp³-hybridized carbons (Fsp3) is 0.111. The Bertz CT molecular complexity index is 2620. The van der Waals surface area contributed by atoms with Crippen molar-refractivity contribution in [2.45, 2.75) is 32.1 Å². The van der Waals surface area contributed by atoms with Gasteiger partial charge in [-0.3, -0.25) is 0 Å². The first-order chi connectivity index (χ1) is 23.3. The molecule has 2 aromatic heterocycles. The van der Waals surface area contributed by atoms with Gasteiger partial charge in [0.2, 0.25) is 0 Å². The molecule has 47 heavy (non-hydrogen) atoms. The van der Waals surface area contributed by atoms with E-state index in [0.717, 1.165) is 19.3 Å². The molecule has 0 fully saturated rings. The van der Waals surface area contributed by atoms with Crippen molar-refractivity contribution in [2.24, 2.45) is 0 Å². The summed E-state index contributed by atoms with van der Waals surface area (Å²) in [4.78, 5) is 0. The summed E-state index contributed by atoms with van der Waals surface area (Å²) in [5.74, 6) is 0.495. The molecule has 0 spiro atoms. The average Bonchev–Trinajstić information content (AvgIpc) is 3.65. The predicted molar refractivity (Wildman–Crippen MR) is 200 cm³/mol. The van der Waals surface area contributed by atoms with Crippen LogP contribution < -0.4 is 0 Å². The van der Waals surface area contributed by atoms with Crippen LogP contribution in [0.4, 0.5) is 0 Å². The first-order valence-corrected chi connectivity index (χ1v) is 16.9. The highest BCUT2D eigenvalue weighted by atomic mass is 15.0. The van der Waals surface area contributed by atoms with E-state index in [4.69, 9.17) is 0 Å². The topological polar surface area (TPSA) is 9.86 Å². The Morgan fingerprint density at radius 1 is 0.489 bits per heavy atom. The Balaban J connectivity index is 1.22. The first kappa shape index (κ1) is 26.6. The van der Waals surface area contributed by atoms with E-state index < -0.39 is 0 Å². The molecular formula is C45H34N2. The highest BCUT2D eigenvalue weighted by Gasteiger charge is 2.25. The molecule has 2 nitrogen and oxygen atoms in total. The largest absolute Gasteiger partial charge is 0.309 e. The molecule has 0 amide bonds. The number of rotatable bonds is 3. The van der Waals surface area contributed by atoms with E-state index in [0.29, 0.717) is 5.92 Å². The van der Waals surface area contributed by atoms with Crippen LogP contribution in [0, 0.1) is 0 Å². The molecule has 0 saturated carbocycles. The fourth-order valence-electron chi connectivity index (χ4n) is 8.60. The van der Waals surface area contributed by atoms with Crippen LogP contribution in [0.25, 0.3) is 78.0 Å². The Hall–Kier alpha value is -5.60. The monoisotopic (exact) mass is 602 g/mol. The normalized spacial score (nSPS) is 15.6. The Labute approximate surface area is 274 Å². The number of hydrogen-bond acceptors (Lipinski definition) is 0. The van der Waals surface area contributed by atoms with Crippen molar-refractivity contribution < 1.29 is 0 Å². The summed E-state index contributed by atoms with van der Waals surface area (Å²) < 4.78 is 4.99. The highest BCUT2D eigenvalue weighted by molar-refractivity contribution is 6.10. The van der Waals surface area contributed by atoms with Gasteiger partial charge >= 0.3 is 0 Å². The van der Waals surface area contributed by atoms with E-state index >= 15 is 0 Å². The van der Waals surface area contributed by atoms with Crippen molar-refractivity contribution in [3.05, 3.63) is 156 Å². The average molecular weight is 603 g/mol. The van der Waals surface area contributed by atoms with Gasteiger partial charge in [-0.05, 0) is 94.6 Å². The second-order valence-electron chi connectivity index (χ2n) is 13.2. The SMILES string of the molecule is CC1CC=Cc2c1c1ccccc1n2-c1ccc(-c2ccc(-n3c4c(c5ccccc53)CCC=C4)c3ccccc23)c2ccccc12. The van der Waals surface area contributed by atoms with Crippen LogP contribution in [0.2, 0.25) is 0 Å². The van der Waals surface area contributed by atoms with E-state index in [2.05, 4.69) is 162 Å². The summed E-state index contributed by atoms with van der Waals surface area (Å²) >= 11 is 0. The van der Waals surface area contributed by atoms with E-state index in [1.165, 1.54) is 88.4 Å². The number of aryl methyl sites for hydroxylation is 1. The van der Waals surface area contributed by atoms with Crippen LogP contribution >= 0.6 is 0 Å². The zero-order valence-corrected chi connectivity index (χ0v) is 26.4. The molecule has 10 rings (SSSR count). The maximum Gasteiger partial charge on any atom is 0.0540 e. The molecule has 1 atom stereocenters. The van der Waals surface area contributed by atoms with Gasteiger partial charge in [0, 0.05) is 27.2 Å². The minimum atomic E-state index is 0.495. The van der Waals surface area contributed by atoms with Crippen LogP contribution in [-0.4, -0.2) is 9.13 Å². The molecule has 6 aromatic carbocycles. The highest BCUT2D eigenvalue weighted by Crippen LogP contribution is 2.44. The minimum Gasteiger partial charge on any atom is -0.309 e. The third kappa shape index (κ3) is 3.79. The van der Waals surface area contributed by atoms with Crippen molar-refractivity contribution in [1.29, 1.82) is 0 Å². The number of fused-ring (bicyclic) bond motifs is 8. The Morgan fingerprint density at radius 3 is 1.66 bits per heavy atom. The molecule has 0 bridgehead atoms. The number of aromatic nitrogens is 2. The molecule has 2 heteroatoms. The minimum absolute atomic E-state index is 0.495. The van der Waals surface area contributed by atoms with Crippen LogP contribution in [0.15, 0.2) is 133 Å². The third-order valence-corrected chi connectivity index (χ3v) is 10.6. The van der Waals surface area contributed by atoms with Gasteiger partial charge in [-0.25, -0.2) is 0 Å². The van der Waals surface area contributed by atoms with E-state index in [1.54, 1.807) is 0 Å². The molecule has 2 heterocycles. The Morgan fingerprint density at radius 2 is 1.00 bits per heavy atom. The molecule has 2 aliphatic rings. The van der Waals surface area contributed by atoms with E-state index in [-0.39, 0.29) is 0 Å². The quantitative estimate of drug-likeness (QED) is 0.190. The molecule has 0 N–H and O–H groups in total. The van der Waals surface area contributed by atoms with Gasteiger partial charge in [-0.15, -0.1) is 0 Å². The van der Waals surface area contributed by atoms with Gasteiger partial charge in [0.25, 0.3) is 0 Å². The van der Waals surface area contributed by atoms with Gasteiger partial charge in [0.1, 0.15) is 0 Å². The molecule has 0 saturated heterocycles. The van der Waals surface area contributed by atoms with Crippen molar-refractivity contribution in [1.82, 2.24) is 9.13 Å². The molecule has 0 aliphatic heterocycles. The lowest BCUT2D eigenvalue weighted by molar-refractivity contribution is 0.773. The van der Waals surface area contributed by atoms with Crippen LogP contribution in [0.5, 0.6) is 0 Å². The van der Waals surface area contributed by atoms with Crippen molar-refractivity contribution >= 4 is 55.5 Å². The lowest BCUT2D eigenvalue weighted by atomic mass is 9.90. The van der Waals surface area contributed by atoms with Crippen molar-refractivity contribution in [3.8, 4) is 22.5 Å². The van der Waals surface area contributed by atoms with Crippen molar-refractivity contribution in [2.75, 3.05) is 0 Å². The summed E-state index contributed by atoms with van der Waals surface area (Å²) in [6.07, 6.45) is 12.6. The molecule has 0 radical (unpaired) electrons. The zero-order chi connectivity index (χ0) is 31.1. The maximum atomic E-state index is 2.50. The van der Waals surface area contributed by atoms with Crippen LogP contribution in [0.1, 0.15) is 48.2 Å². The van der Waals surface area contributed by atoms with Gasteiger partial charge in [-0.2, -0.15) is 0 Å². The first-order valence-electron chi connectivity index (χ1n) is 16.9. The van der Waals surface area contributed by atoms with Gasteiger partial charge in [0.15, 0.2) is 0 Å². The summed E-state index contributed by atoms with van der Waals surface area (Å²) in [6.45, 7) is 2.36. The summed E-state index contributed by atoms with van der Waals surface area (Å²) in [7, 11) is 0. The molecule has 224 valence electrons. The van der Waals surface area contributed by atoms with Gasteiger partial charge in [-0.1, -0.05) is 116 Å². The Kier molecular flexibility index (Phi) is 5.77. The standard InChI is InChI=1S/C45H34N2/c1-29-13-12-24-44-45(29)38-20-8-11-23-41(38)47(44)43-28-26-33(31-15-3-5-17-35(31)43)32-25-27-42(34-16-4-2-14-30(32)34)46-39-21-9-6-18-36(39)37-19-7-10-22-40(37)46/h2-6,8-12,14-18,20-29H,7,13,19H2,1H3. The lowest BCUT2D eigenvalue weighted by Crippen LogP contribution is -2.04. The van der Waals surface area contributed by atoms with Crippen LogP contribution in [0.3, 0.4) is 0 Å². The maximum absolute atomic E-state index is 2.50. The molecule has 8 aromatic rings.